The minimum Gasteiger partial charge on any atom is -0.465 e. The van der Waals surface area contributed by atoms with Crippen LogP contribution in [0.3, 0.4) is 0 Å². The second-order valence-electron chi connectivity index (χ2n) is 9.41. The van der Waals surface area contributed by atoms with Crippen molar-refractivity contribution in [2.75, 3.05) is 33.3 Å². The maximum absolute atomic E-state index is 12.0. The lowest BCUT2D eigenvalue weighted by Gasteiger charge is -2.42. The van der Waals surface area contributed by atoms with E-state index in [1.54, 1.807) is 6.92 Å². The first-order valence-electron chi connectivity index (χ1n) is 12.9. The second-order valence-corrected chi connectivity index (χ2v) is 9.41. The molecule has 1 fully saturated rings. The van der Waals surface area contributed by atoms with E-state index in [2.05, 4.69) is 29.0 Å². The van der Waals surface area contributed by atoms with Crippen LogP contribution >= 0.6 is 0 Å². The summed E-state index contributed by atoms with van der Waals surface area (Å²) in [4.78, 5) is 25.5. The number of hydrogen-bond acceptors (Lipinski definition) is 7. The van der Waals surface area contributed by atoms with E-state index in [9.17, 15) is 14.7 Å². The number of benzene rings is 2. The van der Waals surface area contributed by atoms with Crippen LogP contribution in [0.4, 0.5) is 4.79 Å². The van der Waals surface area contributed by atoms with Crippen LogP contribution in [0.5, 0.6) is 0 Å². The normalized spacial score (nSPS) is 21.1. The lowest BCUT2D eigenvalue weighted by Crippen LogP contribution is -2.43. The van der Waals surface area contributed by atoms with Gasteiger partial charge in [-0.1, -0.05) is 61.5 Å². The molecule has 2 amide bonds. The molecule has 206 valence electrons. The van der Waals surface area contributed by atoms with E-state index in [4.69, 9.17) is 14.2 Å². The number of carbonyl (C=O) groups is 2. The van der Waals surface area contributed by atoms with Crippen LogP contribution < -0.4 is 10.6 Å². The molecule has 4 atom stereocenters. The Bertz CT molecular complexity index is 1040. The smallest absolute Gasteiger partial charge is 0.325 e. The molecule has 0 unspecified atom stereocenters. The molecule has 2 aromatic carbocycles. The minimum atomic E-state index is -0.564. The molecule has 0 bridgehead atoms. The average molecular weight is 526 g/mol. The molecule has 3 N–H and O–H groups in total. The Labute approximate surface area is 224 Å². The molecule has 2 aromatic rings. The molecule has 1 aliphatic heterocycles. The molecule has 9 heteroatoms. The van der Waals surface area contributed by atoms with Crippen LogP contribution in [0.25, 0.3) is 0 Å². The number of ether oxygens (including phenoxy) is 3. The molecule has 0 aliphatic carbocycles. The van der Waals surface area contributed by atoms with Crippen LogP contribution in [0.1, 0.15) is 48.5 Å². The van der Waals surface area contributed by atoms with Gasteiger partial charge in [-0.2, -0.15) is 0 Å². The van der Waals surface area contributed by atoms with E-state index in [1.807, 2.05) is 61.7 Å². The number of esters is 1. The SMILES string of the molecule is C=CCN(C)C[C@H]1O[C@@H](c2ccc(CNC(=O)NCC(=O)OCC)cc2)O[C@@H](c2ccc(CO)cc2)[C@H]1C. The average Bonchev–Trinajstić information content (AvgIpc) is 2.92. The first-order valence-corrected chi connectivity index (χ1v) is 12.9. The Kier molecular flexibility index (Phi) is 11.3. The molecular weight excluding hydrogens is 486 g/mol. The van der Waals surface area contributed by atoms with Crippen LogP contribution in [-0.2, 0) is 32.2 Å². The first-order chi connectivity index (χ1) is 18.3. The highest BCUT2D eigenvalue weighted by Gasteiger charge is 2.38. The number of amides is 2. The van der Waals surface area contributed by atoms with Crippen LogP contribution in [0.15, 0.2) is 61.2 Å². The standard InChI is InChI=1S/C29H39N3O6/c1-5-15-32(4)18-25-20(3)27(23-11-9-22(19-33)10-12-23)38-28(37-25)24-13-7-21(8-14-24)16-30-29(35)31-17-26(34)36-6-2/h5,7-14,20,25,27-28,33H,1,6,15-19H2,2-4H3,(H2,30,31,35)/t20-,25+,27+,28+/m0/s1. The van der Waals surface area contributed by atoms with Gasteiger partial charge in [-0.3, -0.25) is 4.79 Å². The van der Waals surface area contributed by atoms with Gasteiger partial charge in [-0.25, -0.2) is 4.79 Å². The van der Waals surface area contributed by atoms with Gasteiger partial charge in [0.05, 0.1) is 25.4 Å². The van der Waals surface area contributed by atoms with Gasteiger partial charge in [0.15, 0.2) is 6.29 Å². The quantitative estimate of drug-likeness (QED) is 0.288. The lowest BCUT2D eigenvalue weighted by atomic mass is 9.90. The maximum Gasteiger partial charge on any atom is 0.325 e. The fourth-order valence-electron chi connectivity index (χ4n) is 4.33. The third-order valence-corrected chi connectivity index (χ3v) is 6.46. The molecule has 1 aliphatic rings. The minimum absolute atomic E-state index is 0.00364. The van der Waals surface area contributed by atoms with Crippen molar-refractivity contribution in [1.29, 1.82) is 0 Å². The van der Waals surface area contributed by atoms with Gasteiger partial charge in [-0.15, -0.1) is 6.58 Å². The Hall–Kier alpha value is -3.24. The Balaban J connectivity index is 1.68. The summed E-state index contributed by atoms with van der Waals surface area (Å²) in [6.07, 6.45) is 1.04. The van der Waals surface area contributed by atoms with Crippen LogP contribution in [0.2, 0.25) is 0 Å². The van der Waals surface area contributed by atoms with Gasteiger partial charge >= 0.3 is 12.0 Å². The molecule has 0 saturated carbocycles. The molecule has 1 saturated heterocycles. The topological polar surface area (TPSA) is 109 Å². The van der Waals surface area contributed by atoms with Crippen LogP contribution in [-0.4, -0.2) is 61.4 Å². The molecule has 0 spiro atoms. The molecule has 1 heterocycles. The monoisotopic (exact) mass is 525 g/mol. The van der Waals surface area contributed by atoms with Crippen molar-refractivity contribution in [1.82, 2.24) is 15.5 Å². The zero-order chi connectivity index (χ0) is 27.5. The van der Waals surface area contributed by atoms with Crippen molar-refractivity contribution in [3.8, 4) is 0 Å². The predicted octanol–water partition coefficient (Wildman–Crippen LogP) is 3.45. The van der Waals surface area contributed by atoms with E-state index in [0.29, 0.717) is 6.54 Å². The highest BCUT2D eigenvalue weighted by Crippen LogP contribution is 2.41. The van der Waals surface area contributed by atoms with Gasteiger partial charge in [0.2, 0.25) is 0 Å². The van der Waals surface area contributed by atoms with Gasteiger partial charge in [0.25, 0.3) is 0 Å². The number of likely N-dealkylation sites (N-methyl/N-ethyl adjacent to an activating group) is 1. The number of hydrogen-bond donors (Lipinski definition) is 3. The first kappa shape index (κ1) is 29.3. The number of aliphatic hydroxyl groups excluding tert-OH is 1. The predicted molar refractivity (Wildman–Crippen MR) is 144 cm³/mol. The van der Waals surface area contributed by atoms with Crippen molar-refractivity contribution in [3.05, 3.63) is 83.4 Å². The van der Waals surface area contributed by atoms with Gasteiger partial charge in [-0.05, 0) is 30.7 Å². The van der Waals surface area contributed by atoms with Gasteiger partial charge in [0, 0.05) is 31.1 Å². The number of aliphatic hydroxyl groups is 1. The second kappa shape index (κ2) is 14.6. The Morgan fingerprint density at radius 2 is 1.71 bits per heavy atom. The summed E-state index contributed by atoms with van der Waals surface area (Å²) in [6, 6.07) is 15.1. The van der Waals surface area contributed by atoms with Gasteiger partial charge < -0.3 is 34.9 Å². The highest BCUT2D eigenvalue weighted by molar-refractivity contribution is 5.80. The van der Waals surface area contributed by atoms with Crippen molar-refractivity contribution in [2.24, 2.45) is 5.92 Å². The molecule has 3 rings (SSSR count). The summed E-state index contributed by atoms with van der Waals surface area (Å²) < 4.78 is 17.7. The van der Waals surface area contributed by atoms with E-state index in [1.165, 1.54) is 0 Å². The number of nitrogens with zero attached hydrogens (tertiary/aromatic N) is 1. The number of nitrogens with one attached hydrogen (secondary N) is 2. The summed E-state index contributed by atoms with van der Waals surface area (Å²) in [6.45, 7) is 9.54. The third kappa shape index (κ3) is 8.39. The van der Waals surface area contributed by atoms with E-state index < -0.39 is 18.3 Å². The molecular formula is C29H39N3O6. The van der Waals surface area contributed by atoms with Crippen molar-refractivity contribution in [2.45, 2.75) is 45.5 Å². The van der Waals surface area contributed by atoms with Gasteiger partial charge in [0.1, 0.15) is 6.54 Å². The Morgan fingerprint density at radius 1 is 1.05 bits per heavy atom. The van der Waals surface area contributed by atoms with Crippen molar-refractivity contribution < 1.29 is 28.9 Å². The van der Waals surface area contributed by atoms with E-state index in [0.717, 1.165) is 35.3 Å². The van der Waals surface area contributed by atoms with Crippen molar-refractivity contribution in [3.63, 3.8) is 0 Å². The summed E-state index contributed by atoms with van der Waals surface area (Å²) in [5.74, 6) is -0.388. The van der Waals surface area contributed by atoms with E-state index in [-0.39, 0.29) is 37.9 Å². The van der Waals surface area contributed by atoms with Crippen LogP contribution in [0, 0.1) is 5.92 Å². The zero-order valence-corrected chi connectivity index (χ0v) is 22.4. The number of rotatable bonds is 12. The number of urea groups is 1. The summed E-state index contributed by atoms with van der Waals surface area (Å²) in [5.41, 5.74) is 3.66. The molecule has 9 nitrogen and oxygen atoms in total. The maximum atomic E-state index is 12.0. The fraction of sp³-hybridized carbons (Fsp3) is 0.448. The molecule has 0 aromatic heterocycles. The molecule has 0 radical (unpaired) electrons. The van der Waals surface area contributed by atoms with Crippen molar-refractivity contribution >= 4 is 12.0 Å². The largest absolute Gasteiger partial charge is 0.465 e. The summed E-state index contributed by atoms with van der Waals surface area (Å²) in [7, 11) is 2.04. The fourth-order valence-corrected chi connectivity index (χ4v) is 4.33. The third-order valence-electron chi connectivity index (χ3n) is 6.46. The Morgan fingerprint density at radius 3 is 2.34 bits per heavy atom. The molecule has 38 heavy (non-hydrogen) atoms. The summed E-state index contributed by atoms with van der Waals surface area (Å²) >= 11 is 0. The lowest BCUT2D eigenvalue weighted by molar-refractivity contribution is -0.275. The number of carbonyl (C=O) groups excluding carboxylic acids is 2. The zero-order valence-electron chi connectivity index (χ0n) is 22.4. The summed E-state index contributed by atoms with van der Waals surface area (Å²) in [5, 5.41) is 14.6. The van der Waals surface area contributed by atoms with E-state index >= 15 is 0 Å². The highest BCUT2D eigenvalue weighted by atomic mass is 16.7.